The van der Waals surface area contributed by atoms with E-state index in [4.69, 9.17) is 4.74 Å². The number of anilines is 1. The van der Waals surface area contributed by atoms with E-state index in [0.717, 1.165) is 10.9 Å². The first-order valence-electron chi connectivity index (χ1n) is 8.61. The van der Waals surface area contributed by atoms with Crippen LogP contribution in [0.5, 0.6) is 5.88 Å². The third-order valence-corrected chi connectivity index (χ3v) is 4.46. The molecule has 3 heterocycles. The Morgan fingerprint density at radius 1 is 1.11 bits per heavy atom. The third-order valence-electron chi connectivity index (χ3n) is 4.46. The minimum Gasteiger partial charge on any atom is -0.467 e. The first-order chi connectivity index (χ1) is 13.2. The average molecular weight is 366 g/mol. The van der Waals surface area contributed by atoms with Gasteiger partial charge in [0.15, 0.2) is 12.4 Å². The van der Waals surface area contributed by atoms with Gasteiger partial charge in [-0.05, 0) is 12.1 Å². The highest BCUT2D eigenvalue weighted by molar-refractivity contribution is 5.84. The van der Waals surface area contributed by atoms with Crippen molar-refractivity contribution in [1.29, 1.82) is 0 Å². The molecule has 0 aliphatic carbocycles. The molecule has 0 saturated carbocycles. The summed E-state index contributed by atoms with van der Waals surface area (Å²) < 4.78 is 5.64. The summed E-state index contributed by atoms with van der Waals surface area (Å²) in [5, 5.41) is 0.770. The molecule has 9 nitrogen and oxygen atoms in total. The summed E-state index contributed by atoms with van der Waals surface area (Å²) in [6.45, 7) is 2.00. The molecule has 0 atom stereocenters. The van der Waals surface area contributed by atoms with Gasteiger partial charge >= 0.3 is 0 Å². The van der Waals surface area contributed by atoms with Crippen LogP contribution in [0.3, 0.4) is 0 Å². The molecule has 1 amide bonds. The minimum atomic E-state index is -0.226. The van der Waals surface area contributed by atoms with E-state index in [2.05, 4.69) is 19.9 Å². The fraction of sp³-hybridized carbons (Fsp3) is 0.278. The topological polar surface area (TPSA) is 104 Å². The number of carbonyl (C=O) groups excluding carboxylic acids is 1. The molecule has 9 heteroatoms. The largest absolute Gasteiger partial charge is 0.467 e. The van der Waals surface area contributed by atoms with Gasteiger partial charge in [-0.3, -0.25) is 9.59 Å². The number of carbonyl (C=O) groups is 1. The van der Waals surface area contributed by atoms with Crippen LogP contribution < -0.4 is 15.2 Å². The van der Waals surface area contributed by atoms with Crippen molar-refractivity contribution in [2.75, 3.05) is 37.7 Å². The number of aromatic amines is 1. The van der Waals surface area contributed by atoms with Crippen LogP contribution in [0.2, 0.25) is 0 Å². The number of H-pyrrole nitrogens is 1. The SMILES string of the molecule is O=C(COc1ncnc2ccccc12)N1CCN(c2ncc[nH]c2=O)CC1. The number of aromatic nitrogens is 4. The van der Waals surface area contributed by atoms with Crippen molar-refractivity contribution in [2.45, 2.75) is 0 Å². The second-order valence-corrected chi connectivity index (χ2v) is 6.09. The predicted octanol–water partition coefficient (Wildman–Crippen LogP) is 0.441. The Morgan fingerprint density at radius 3 is 2.74 bits per heavy atom. The van der Waals surface area contributed by atoms with Crippen LogP contribution in [0, 0.1) is 0 Å². The van der Waals surface area contributed by atoms with Gasteiger partial charge in [-0.1, -0.05) is 12.1 Å². The summed E-state index contributed by atoms with van der Waals surface area (Å²) in [5.74, 6) is 0.660. The third kappa shape index (κ3) is 3.57. The molecule has 3 aromatic rings. The summed E-state index contributed by atoms with van der Waals surface area (Å²) >= 11 is 0. The molecule has 0 unspecified atom stereocenters. The number of piperazine rings is 1. The van der Waals surface area contributed by atoms with E-state index in [1.165, 1.54) is 12.5 Å². The van der Waals surface area contributed by atoms with Gasteiger partial charge in [0.05, 0.1) is 10.9 Å². The lowest BCUT2D eigenvalue weighted by Gasteiger charge is -2.34. The molecule has 4 rings (SSSR count). The van der Waals surface area contributed by atoms with Crippen molar-refractivity contribution in [1.82, 2.24) is 24.8 Å². The molecule has 1 N–H and O–H groups in total. The normalized spacial score (nSPS) is 14.4. The van der Waals surface area contributed by atoms with Crippen molar-refractivity contribution < 1.29 is 9.53 Å². The first kappa shape index (κ1) is 17.0. The minimum absolute atomic E-state index is 0.0921. The fourth-order valence-electron chi connectivity index (χ4n) is 3.05. The van der Waals surface area contributed by atoms with Gasteiger partial charge in [0.1, 0.15) is 6.33 Å². The quantitative estimate of drug-likeness (QED) is 0.714. The molecule has 1 aromatic carbocycles. The van der Waals surface area contributed by atoms with Gasteiger partial charge in [-0.15, -0.1) is 0 Å². The Morgan fingerprint density at radius 2 is 1.93 bits per heavy atom. The van der Waals surface area contributed by atoms with E-state index in [1.54, 1.807) is 11.1 Å². The van der Waals surface area contributed by atoms with Gasteiger partial charge in [-0.25, -0.2) is 15.0 Å². The van der Waals surface area contributed by atoms with Crippen LogP contribution in [0.25, 0.3) is 10.9 Å². The van der Waals surface area contributed by atoms with Gasteiger partial charge < -0.3 is 19.5 Å². The zero-order valence-corrected chi connectivity index (χ0v) is 14.5. The smallest absolute Gasteiger partial charge is 0.290 e. The van der Waals surface area contributed by atoms with Crippen LogP contribution in [0.1, 0.15) is 0 Å². The number of nitrogens with one attached hydrogen (secondary N) is 1. The number of para-hydroxylation sites is 1. The Balaban J connectivity index is 1.36. The van der Waals surface area contributed by atoms with Gasteiger partial charge in [0.25, 0.3) is 11.5 Å². The summed E-state index contributed by atoms with van der Waals surface area (Å²) in [7, 11) is 0. The molecule has 0 radical (unpaired) electrons. The van der Waals surface area contributed by atoms with Crippen LogP contribution in [-0.2, 0) is 4.79 Å². The highest BCUT2D eigenvalue weighted by Crippen LogP contribution is 2.20. The maximum atomic E-state index is 12.5. The van der Waals surface area contributed by atoms with Crippen molar-refractivity contribution in [3.05, 3.63) is 53.3 Å². The number of benzene rings is 1. The molecule has 27 heavy (non-hydrogen) atoms. The Hall–Kier alpha value is -3.49. The van der Waals surface area contributed by atoms with Crippen LogP contribution in [0.4, 0.5) is 5.82 Å². The van der Waals surface area contributed by atoms with Crippen molar-refractivity contribution in [3.8, 4) is 5.88 Å². The number of ether oxygens (including phenoxy) is 1. The standard InChI is InChI=1S/C18H18N6O3/c25-15(11-27-18-13-3-1-2-4-14(13)21-12-22-18)23-7-9-24(10-8-23)16-17(26)20-6-5-19-16/h1-6,12H,7-11H2,(H,20,26). The fourth-order valence-corrected chi connectivity index (χ4v) is 3.05. The molecular formula is C18H18N6O3. The first-order valence-corrected chi connectivity index (χ1v) is 8.61. The molecule has 0 bridgehead atoms. The summed E-state index contributed by atoms with van der Waals surface area (Å²) in [5.41, 5.74) is 0.542. The predicted molar refractivity (Wildman–Crippen MR) is 98.7 cm³/mol. The van der Waals surface area contributed by atoms with E-state index in [1.807, 2.05) is 29.2 Å². The van der Waals surface area contributed by atoms with Gasteiger partial charge in [0, 0.05) is 38.6 Å². The highest BCUT2D eigenvalue weighted by Gasteiger charge is 2.23. The molecule has 0 spiro atoms. The number of hydrogen-bond donors (Lipinski definition) is 1. The number of amides is 1. The van der Waals surface area contributed by atoms with Crippen molar-refractivity contribution in [3.63, 3.8) is 0 Å². The molecule has 1 aliphatic rings. The van der Waals surface area contributed by atoms with E-state index < -0.39 is 0 Å². The Labute approximate surface area is 154 Å². The monoisotopic (exact) mass is 366 g/mol. The number of rotatable bonds is 4. The molecule has 1 saturated heterocycles. The van der Waals surface area contributed by atoms with Gasteiger partial charge in [0.2, 0.25) is 5.88 Å². The second kappa shape index (κ2) is 7.40. The van der Waals surface area contributed by atoms with E-state index >= 15 is 0 Å². The maximum Gasteiger partial charge on any atom is 0.290 e. The highest BCUT2D eigenvalue weighted by atomic mass is 16.5. The maximum absolute atomic E-state index is 12.5. The van der Waals surface area contributed by atoms with Crippen LogP contribution in [-0.4, -0.2) is 63.5 Å². The molecule has 138 valence electrons. The molecule has 1 fully saturated rings. The molecule has 1 aliphatic heterocycles. The molecular weight excluding hydrogens is 348 g/mol. The van der Waals surface area contributed by atoms with Crippen molar-refractivity contribution >= 4 is 22.6 Å². The van der Waals surface area contributed by atoms with E-state index in [-0.39, 0.29) is 18.1 Å². The lowest BCUT2D eigenvalue weighted by atomic mass is 10.2. The van der Waals surface area contributed by atoms with Gasteiger partial charge in [-0.2, -0.15) is 0 Å². The summed E-state index contributed by atoms with van der Waals surface area (Å²) in [6, 6.07) is 7.48. The number of hydrogen-bond acceptors (Lipinski definition) is 7. The molecule has 2 aromatic heterocycles. The lowest BCUT2D eigenvalue weighted by molar-refractivity contribution is -0.133. The van der Waals surface area contributed by atoms with Crippen molar-refractivity contribution in [2.24, 2.45) is 0 Å². The lowest BCUT2D eigenvalue weighted by Crippen LogP contribution is -2.51. The zero-order chi connectivity index (χ0) is 18.6. The van der Waals surface area contributed by atoms with E-state index in [9.17, 15) is 9.59 Å². The Bertz CT molecular complexity index is 1010. The Kier molecular flexibility index (Phi) is 4.65. The van der Waals surface area contributed by atoms with Crippen LogP contribution in [0.15, 0.2) is 47.8 Å². The summed E-state index contributed by atoms with van der Waals surface area (Å²) in [4.78, 5) is 42.9. The summed E-state index contributed by atoms with van der Waals surface area (Å²) in [6.07, 6.45) is 4.47. The van der Waals surface area contributed by atoms with E-state index in [0.29, 0.717) is 37.9 Å². The number of fused-ring (bicyclic) bond motifs is 1. The second-order valence-electron chi connectivity index (χ2n) is 6.09. The average Bonchev–Trinajstić information content (AvgIpc) is 2.72. The zero-order valence-electron chi connectivity index (χ0n) is 14.5. The van der Waals surface area contributed by atoms with Crippen LogP contribution >= 0.6 is 0 Å². The number of nitrogens with zero attached hydrogens (tertiary/aromatic N) is 5.